The van der Waals surface area contributed by atoms with E-state index in [1.54, 1.807) is 5.37 Å². The van der Waals surface area contributed by atoms with Crippen molar-refractivity contribution in [3.05, 3.63) is 17.2 Å². The summed E-state index contributed by atoms with van der Waals surface area (Å²) in [6, 6.07) is 0. The molecule has 10 heavy (non-hydrogen) atoms. The Morgan fingerprint density at radius 3 is 2.70 bits per heavy atom. The fourth-order valence-electron chi connectivity index (χ4n) is 0.820. The van der Waals surface area contributed by atoms with Crippen molar-refractivity contribution in [2.75, 3.05) is 0 Å². The molecule has 3 heteroatoms. The number of rotatable bonds is 2. The summed E-state index contributed by atoms with van der Waals surface area (Å²) in [6.07, 6.45) is 0.935. The summed E-state index contributed by atoms with van der Waals surface area (Å²) in [7, 11) is 0. The molecule has 0 atom stereocenters. The van der Waals surface area contributed by atoms with Crippen LogP contribution in [0, 0.1) is 6.92 Å². The first-order valence-corrected chi connectivity index (χ1v) is 3.75. The molecule has 0 aromatic carbocycles. The van der Waals surface area contributed by atoms with Crippen LogP contribution in [0.1, 0.15) is 24.1 Å². The van der Waals surface area contributed by atoms with Crippen molar-refractivity contribution in [2.45, 2.75) is 20.3 Å². The third-order valence-electron chi connectivity index (χ3n) is 1.42. The molecule has 2 nitrogen and oxygen atoms in total. The molecule has 1 aromatic rings. The fourth-order valence-corrected chi connectivity index (χ4v) is 1.05. The van der Waals surface area contributed by atoms with Crippen molar-refractivity contribution in [1.82, 2.24) is 9.97 Å². The molecule has 0 saturated heterocycles. The zero-order valence-electron chi connectivity index (χ0n) is 6.14. The highest BCUT2D eigenvalue weighted by molar-refractivity contribution is 7.79. The molecule has 0 aliphatic rings. The van der Waals surface area contributed by atoms with Crippen molar-refractivity contribution in [1.29, 1.82) is 0 Å². The first-order valence-electron chi connectivity index (χ1n) is 3.28. The summed E-state index contributed by atoms with van der Waals surface area (Å²) in [4.78, 5) is 7.37. The van der Waals surface area contributed by atoms with Crippen LogP contribution in [-0.2, 0) is 6.42 Å². The second-order valence-corrected chi connectivity index (χ2v) is 2.40. The lowest BCUT2D eigenvalue weighted by Crippen LogP contribution is -1.82. The Labute approximate surface area is 65.7 Å². The maximum Gasteiger partial charge on any atom is 0.106 e. The summed E-state index contributed by atoms with van der Waals surface area (Å²) in [5, 5.41) is 1.60. The number of nitrogens with zero attached hydrogens (tertiary/aromatic N) is 1. The van der Waals surface area contributed by atoms with Gasteiger partial charge in [0, 0.05) is 17.5 Å². The van der Waals surface area contributed by atoms with Crippen molar-refractivity contribution in [3.8, 4) is 0 Å². The molecular weight excluding hydrogens is 144 g/mol. The molecule has 1 aromatic heterocycles. The highest BCUT2D eigenvalue weighted by Crippen LogP contribution is 2.02. The van der Waals surface area contributed by atoms with Crippen LogP contribution in [-0.4, -0.2) is 15.3 Å². The van der Waals surface area contributed by atoms with E-state index < -0.39 is 0 Å². The van der Waals surface area contributed by atoms with Gasteiger partial charge in [0.1, 0.15) is 5.82 Å². The van der Waals surface area contributed by atoms with E-state index in [1.165, 1.54) is 0 Å². The van der Waals surface area contributed by atoms with Gasteiger partial charge in [-0.2, -0.15) is 0 Å². The zero-order valence-corrected chi connectivity index (χ0v) is 6.96. The Kier molecular flexibility index (Phi) is 2.17. The van der Waals surface area contributed by atoms with E-state index in [1.807, 2.05) is 6.92 Å². The molecule has 0 aliphatic carbocycles. The van der Waals surface area contributed by atoms with Gasteiger partial charge in [-0.1, -0.05) is 19.1 Å². The van der Waals surface area contributed by atoms with Crippen LogP contribution in [0.25, 0.3) is 0 Å². The molecule has 0 unspecified atom stereocenters. The number of aryl methyl sites for hydroxylation is 2. The Balaban J connectivity index is 3.03. The Morgan fingerprint density at radius 2 is 2.40 bits per heavy atom. The van der Waals surface area contributed by atoms with Crippen LogP contribution < -0.4 is 0 Å². The number of hydrogen-bond donors (Lipinski definition) is 1. The van der Waals surface area contributed by atoms with Crippen LogP contribution in [0.4, 0.5) is 0 Å². The number of hydrogen-bond acceptors (Lipinski definition) is 2. The van der Waals surface area contributed by atoms with E-state index >= 15 is 0 Å². The molecule has 1 rings (SSSR count). The summed E-state index contributed by atoms with van der Waals surface area (Å²) in [6.45, 7) is 4.04. The molecule has 1 N–H and O–H groups in total. The number of nitrogens with one attached hydrogen (secondary N) is 1. The van der Waals surface area contributed by atoms with Gasteiger partial charge in [-0.05, 0) is 6.92 Å². The lowest BCUT2D eigenvalue weighted by atomic mass is 10.4. The number of thiocarbonyl (C=S) groups is 1. The predicted octanol–water partition coefficient (Wildman–Crippen LogP) is 1.63. The van der Waals surface area contributed by atoms with E-state index in [9.17, 15) is 0 Å². The maximum absolute atomic E-state index is 4.76. The van der Waals surface area contributed by atoms with Crippen LogP contribution in [0.2, 0.25) is 0 Å². The van der Waals surface area contributed by atoms with Gasteiger partial charge >= 0.3 is 0 Å². The summed E-state index contributed by atoms with van der Waals surface area (Å²) in [5.41, 5.74) is 1.96. The number of aromatic nitrogens is 2. The molecule has 54 valence electrons. The van der Waals surface area contributed by atoms with E-state index in [4.69, 9.17) is 12.2 Å². The van der Waals surface area contributed by atoms with E-state index in [0.29, 0.717) is 0 Å². The van der Waals surface area contributed by atoms with Crippen LogP contribution in [0.15, 0.2) is 0 Å². The molecule has 1 heterocycles. The lowest BCUT2D eigenvalue weighted by Gasteiger charge is -1.82. The molecular formula is C7H10N2S. The smallest absolute Gasteiger partial charge is 0.106 e. The van der Waals surface area contributed by atoms with Gasteiger partial charge in [-0.15, -0.1) is 0 Å². The molecule has 0 aliphatic heterocycles. The average molecular weight is 154 g/mol. The largest absolute Gasteiger partial charge is 0.346 e. The first-order chi connectivity index (χ1) is 4.77. The summed E-state index contributed by atoms with van der Waals surface area (Å²) >= 11 is 4.76. The molecule has 0 saturated carbocycles. The topological polar surface area (TPSA) is 28.7 Å². The second-order valence-electron chi connectivity index (χ2n) is 2.17. The predicted molar refractivity (Wildman–Crippen MR) is 45.5 cm³/mol. The van der Waals surface area contributed by atoms with Gasteiger partial charge in [0.15, 0.2) is 0 Å². The van der Waals surface area contributed by atoms with Crippen molar-refractivity contribution >= 4 is 17.6 Å². The van der Waals surface area contributed by atoms with Gasteiger partial charge in [0.25, 0.3) is 0 Å². The standard InChI is InChI=1S/C7H10N2S/c1-3-7-8-5(2)6(4-10)9-7/h4H,3H2,1-2H3,(H,8,9). The van der Waals surface area contributed by atoms with Crippen molar-refractivity contribution in [3.63, 3.8) is 0 Å². The highest BCUT2D eigenvalue weighted by Gasteiger charge is 2.00. The van der Waals surface area contributed by atoms with Gasteiger partial charge in [-0.25, -0.2) is 4.98 Å². The third-order valence-corrected chi connectivity index (χ3v) is 1.64. The van der Waals surface area contributed by atoms with Gasteiger partial charge < -0.3 is 4.98 Å². The van der Waals surface area contributed by atoms with Gasteiger partial charge in [0.05, 0.1) is 5.69 Å². The molecule has 0 bridgehead atoms. The van der Waals surface area contributed by atoms with E-state index in [0.717, 1.165) is 23.6 Å². The van der Waals surface area contributed by atoms with Crippen LogP contribution in [0.5, 0.6) is 0 Å². The van der Waals surface area contributed by atoms with Crippen LogP contribution >= 0.6 is 12.2 Å². The van der Waals surface area contributed by atoms with E-state index in [-0.39, 0.29) is 0 Å². The minimum atomic E-state index is 0.895. The number of aromatic amines is 1. The monoisotopic (exact) mass is 154 g/mol. The summed E-state index contributed by atoms with van der Waals surface area (Å²) < 4.78 is 0. The minimum absolute atomic E-state index is 0.895. The maximum atomic E-state index is 4.76. The molecule has 0 amide bonds. The van der Waals surface area contributed by atoms with Crippen molar-refractivity contribution < 1.29 is 0 Å². The average Bonchev–Trinajstić information content (AvgIpc) is 2.30. The number of imidazole rings is 1. The molecule has 0 fully saturated rings. The van der Waals surface area contributed by atoms with Crippen molar-refractivity contribution in [2.24, 2.45) is 0 Å². The Bertz CT molecular complexity index is 240. The normalized spacial score (nSPS) is 9.80. The SMILES string of the molecule is CCc1nc(C=S)c(C)[nH]1. The summed E-state index contributed by atoms with van der Waals surface area (Å²) in [5.74, 6) is 1.01. The number of H-pyrrole nitrogens is 1. The van der Waals surface area contributed by atoms with E-state index in [2.05, 4.69) is 16.9 Å². The Hall–Kier alpha value is -0.700. The fraction of sp³-hybridized carbons (Fsp3) is 0.429. The van der Waals surface area contributed by atoms with Crippen LogP contribution in [0.3, 0.4) is 0 Å². The minimum Gasteiger partial charge on any atom is -0.346 e. The first kappa shape index (κ1) is 7.41. The quantitative estimate of drug-likeness (QED) is 0.656. The third kappa shape index (κ3) is 1.24. The lowest BCUT2D eigenvalue weighted by molar-refractivity contribution is 0.981. The molecule has 0 radical (unpaired) electrons. The zero-order chi connectivity index (χ0) is 7.56. The Morgan fingerprint density at radius 1 is 1.70 bits per heavy atom. The second kappa shape index (κ2) is 2.92. The van der Waals surface area contributed by atoms with Gasteiger partial charge in [-0.3, -0.25) is 0 Å². The highest BCUT2D eigenvalue weighted by atomic mass is 32.1. The molecule has 0 spiro atoms. The van der Waals surface area contributed by atoms with Gasteiger partial charge in [0.2, 0.25) is 0 Å².